The Labute approximate surface area is 174 Å². The fourth-order valence-electron chi connectivity index (χ4n) is 3.44. The van der Waals surface area contributed by atoms with Crippen molar-refractivity contribution in [2.75, 3.05) is 0 Å². The van der Waals surface area contributed by atoms with Crippen LogP contribution in [0.15, 0.2) is 48.5 Å². The van der Waals surface area contributed by atoms with Gasteiger partial charge in [-0.3, -0.25) is 4.79 Å². The molecule has 1 heterocycles. The van der Waals surface area contributed by atoms with Crippen LogP contribution in [0.3, 0.4) is 0 Å². The minimum absolute atomic E-state index is 0.0292. The van der Waals surface area contributed by atoms with Gasteiger partial charge in [0, 0.05) is 12.0 Å². The Hall–Kier alpha value is -2.62. The summed E-state index contributed by atoms with van der Waals surface area (Å²) in [6, 6.07) is 16.9. The van der Waals surface area contributed by atoms with Gasteiger partial charge in [0.1, 0.15) is 5.82 Å². The highest BCUT2D eigenvalue weighted by molar-refractivity contribution is 5.82. The minimum Gasteiger partial charge on any atom is -0.346 e. The van der Waals surface area contributed by atoms with Crippen LogP contribution in [-0.2, 0) is 11.3 Å². The predicted octanol–water partition coefficient (Wildman–Crippen LogP) is 5.82. The van der Waals surface area contributed by atoms with Gasteiger partial charge in [-0.25, -0.2) is 4.98 Å². The summed E-state index contributed by atoms with van der Waals surface area (Å²) in [7, 11) is 0. The average molecular weight is 392 g/mol. The molecule has 2 unspecified atom stereocenters. The van der Waals surface area contributed by atoms with E-state index in [-0.39, 0.29) is 11.9 Å². The second kappa shape index (κ2) is 8.40. The van der Waals surface area contributed by atoms with E-state index in [4.69, 9.17) is 4.98 Å². The number of amides is 1. The number of aromatic nitrogens is 2. The third-order valence-corrected chi connectivity index (χ3v) is 5.60. The number of imidazole rings is 1. The summed E-state index contributed by atoms with van der Waals surface area (Å²) in [5.74, 6) is 1.48. The van der Waals surface area contributed by atoms with Crippen molar-refractivity contribution in [2.24, 2.45) is 5.41 Å². The second-order valence-corrected chi connectivity index (χ2v) is 9.04. The molecule has 0 aliphatic rings. The topological polar surface area (TPSA) is 46.9 Å². The van der Waals surface area contributed by atoms with Gasteiger partial charge in [-0.1, -0.05) is 71.0 Å². The molecule has 3 aromatic rings. The molecule has 154 valence electrons. The highest BCUT2D eigenvalue weighted by atomic mass is 16.2. The molecule has 29 heavy (non-hydrogen) atoms. The van der Waals surface area contributed by atoms with E-state index in [2.05, 4.69) is 54.1 Å². The lowest BCUT2D eigenvalue weighted by Crippen LogP contribution is -2.37. The van der Waals surface area contributed by atoms with Crippen molar-refractivity contribution >= 4 is 16.9 Å². The van der Waals surface area contributed by atoms with Gasteiger partial charge in [-0.2, -0.15) is 0 Å². The maximum atomic E-state index is 12.5. The molecule has 0 aliphatic heterocycles. The maximum Gasteiger partial charge on any atom is 0.225 e. The molecule has 0 aliphatic carbocycles. The van der Waals surface area contributed by atoms with Crippen molar-refractivity contribution in [3.05, 3.63) is 65.5 Å². The molecular formula is C25H33N3O. The molecule has 3 rings (SSSR count). The van der Waals surface area contributed by atoms with Crippen molar-refractivity contribution in [1.82, 2.24) is 14.9 Å². The molecule has 2 aromatic carbocycles. The molecule has 4 heteroatoms. The summed E-state index contributed by atoms with van der Waals surface area (Å²) in [4.78, 5) is 17.4. The molecule has 2 atom stereocenters. The molecule has 0 saturated carbocycles. The van der Waals surface area contributed by atoms with Crippen molar-refractivity contribution < 1.29 is 4.79 Å². The van der Waals surface area contributed by atoms with Crippen LogP contribution in [0, 0.1) is 5.41 Å². The lowest BCUT2D eigenvalue weighted by Gasteiger charge is -2.22. The number of nitrogens with one attached hydrogen (secondary N) is 1. The molecule has 1 aromatic heterocycles. The van der Waals surface area contributed by atoms with Gasteiger partial charge >= 0.3 is 0 Å². The number of nitrogens with zero attached hydrogens (tertiary/aromatic N) is 2. The van der Waals surface area contributed by atoms with E-state index in [0.717, 1.165) is 29.8 Å². The summed E-state index contributed by atoms with van der Waals surface area (Å²) in [5, 5.41) is 3.13. The van der Waals surface area contributed by atoms with Crippen LogP contribution in [0.2, 0.25) is 0 Å². The lowest BCUT2D eigenvalue weighted by molar-refractivity contribution is -0.129. The first kappa shape index (κ1) is 21.1. The van der Waals surface area contributed by atoms with Crippen molar-refractivity contribution in [3.63, 3.8) is 0 Å². The Morgan fingerprint density at radius 1 is 1.07 bits per heavy atom. The van der Waals surface area contributed by atoms with Gasteiger partial charge in [0.2, 0.25) is 5.91 Å². The molecule has 1 N–H and O–H groups in total. The minimum atomic E-state index is -0.434. The van der Waals surface area contributed by atoms with Crippen LogP contribution in [-0.4, -0.2) is 15.5 Å². The van der Waals surface area contributed by atoms with E-state index in [1.54, 1.807) is 0 Å². The Bertz CT molecular complexity index is 979. The number of carbonyl (C=O) groups excluding carboxylic acids is 1. The summed E-state index contributed by atoms with van der Waals surface area (Å²) < 4.78 is 2.22. The standard InChI is InChI=1S/C25H33N3O/c1-7-17(2)20-14-12-19(13-15-20)16-28-22-11-9-8-10-21(22)27-23(28)18(3)26-24(29)25(4,5)6/h8-15,17-18H,7,16H2,1-6H3,(H,26,29). The van der Waals surface area contributed by atoms with Gasteiger partial charge in [0.15, 0.2) is 0 Å². The first-order valence-electron chi connectivity index (χ1n) is 10.6. The zero-order valence-electron chi connectivity index (χ0n) is 18.5. The molecule has 0 radical (unpaired) electrons. The third kappa shape index (κ3) is 4.69. The molecule has 1 amide bonds. The first-order chi connectivity index (χ1) is 13.7. The number of para-hydroxylation sites is 2. The van der Waals surface area contributed by atoms with Gasteiger partial charge in [0.05, 0.1) is 17.1 Å². The van der Waals surface area contributed by atoms with Crippen LogP contribution < -0.4 is 5.32 Å². The smallest absolute Gasteiger partial charge is 0.225 e. The van der Waals surface area contributed by atoms with E-state index >= 15 is 0 Å². The van der Waals surface area contributed by atoms with Crippen LogP contribution in [0.4, 0.5) is 0 Å². The van der Waals surface area contributed by atoms with Gasteiger partial charge in [-0.15, -0.1) is 0 Å². The summed E-state index contributed by atoms with van der Waals surface area (Å²) >= 11 is 0. The fourth-order valence-corrected chi connectivity index (χ4v) is 3.44. The number of rotatable bonds is 6. The third-order valence-electron chi connectivity index (χ3n) is 5.60. The van der Waals surface area contributed by atoms with E-state index in [1.165, 1.54) is 11.1 Å². The number of carbonyl (C=O) groups is 1. The van der Waals surface area contributed by atoms with Crippen LogP contribution in [0.5, 0.6) is 0 Å². The van der Waals surface area contributed by atoms with Crippen molar-refractivity contribution in [3.8, 4) is 0 Å². The Balaban J connectivity index is 1.94. The number of fused-ring (bicyclic) bond motifs is 1. The Kier molecular flexibility index (Phi) is 6.11. The lowest BCUT2D eigenvalue weighted by atomic mass is 9.95. The van der Waals surface area contributed by atoms with Gasteiger partial charge in [-0.05, 0) is 42.5 Å². The largest absolute Gasteiger partial charge is 0.346 e. The molecule has 4 nitrogen and oxygen atoms in total. The Morgan fingerprint density at radius 3 is 2.34 bits per heavy atom. The van der Waals surface area contributed by atoms with Crippen molar-refractivity contribution in [1.29, 1.82) is 0 Å². The predicted molar refractivity (Wildman–Crippen MR) is 120 cm³/mol. The highest BCUT2D eigenvalue weighted by Gasteiger charge is 2.25. The molecule has 0 spiro atoms. The van der Waals surface area contributed by atoms with E-state index in [0.29, 0.717) is 5.92 Å². The zero-order chi connectivity index (χ0) is 21.2. The van der Waals surface area contributed by atoms with E-state index < -0.39 is 5.41 Å². The summed E-state index contributed by atoms with van der Waals surface area (Å²) in [5.41, 5.74) is 4.21. The van der Waals surface area contributed by atoms with Gasteiger partial charge < -0.3 is 9.88 Å². The zero-order valence-corrected chi connectivity index (χ0v) is 18.5. The summed E-state index contributed by atoms with van der Waals surface area (Å²) in [6.07, 6.45) is 1.14. The van der Waals surface area contributed by atoms with Gasteiger partial charge in [0.25, 0.3) is 0 Å². The maximum absolute atomic E-state index is 12.5. The van der Waals surface area contributed by atoms with Crippen molar-refractivity contribution in [2.45, 2.75) is 66.5 Å². The molecule has 0 saturated heterocycles. The number of hydrogen-bond acceptors (Lipinski definition) is 2. The number of hydrogen-bond donors (Lipinski definition) is 1. The van der Waals surface area contributed by atoms with E-state index in [9.17, 15) is 4.79 Å². The normalized spacial score (nSPS) is 14.0. The summed E-state index contributed by atoms with van der Waals surface area (Å²) in [6.45, 7) is 13.0. The molecular weight excluding hydrogens is 358 g/mol. The van der Waals surface area contributed by atoms with Crippen LogP contribution >= 0.6 is 0 Å². The fraction of sp³-hybridized carbons (Fsp3) is 0.440. The SMILES string of the molecule is CCC(C)c1ccc(Cn2c(C(C)NC(=O)C(C)(C)C)nc3ccccc32)cc1. The average Bonchev–Trinajstić information content (AvgIpc) is 3.06. The molecule has 0 fully saturated rings. The van der Waals surface area contributed by atoms with Crippen LogP contribution in [0.25, 0.3) is 11.0 Å². The quantitative estimate of drug-likeness (QED) is 0.575. The highest BCUT2D eigenvalue weighted by Crippen LogP contribution is 2.25. The van der Waals surface area contributed by atoms with E-state index in [1.807, 2.05) is 45.9 Å². The van der Waals surface area contributed by atoms with Crippen LogP contribution in [0.1, 0.15) is 76.9 Å². The molecule has 0 bridgehead atoms. The Morgan fingerprint density at radius 2 is 1.72 bits per heavy atom. The second-order valence-electron chi connectivity index (χ2n) is 9.04. The monoisotopic (exact) mass is 391 g/mol. The first-order valence-corrected chi connectivity index (χ1v) is 10.6. The number of benzene rings is 2.